The molecule has 5 heteroatoms. The summed E-state index contributed by atoms with van der Waals surface area (Å²) in [5.41, 5.74) is 4.93. The fraction of sp³-hybridized carbons (Fsp3) is 0.190. The number of halogens is 1. The Morgan fingerprint density at radius 1 is 1.08 bits per heavy atom. The Morgan fingerprint density at radius 2 is 1.85 bits per heavy atom. The summed E-state index contributed by atoms with van der Waals surface area (Å²) in [5.74, 6) is 0.732. The molecule has 0 radical (unpaired) electrons. The summed E-state index contributed by atoms with van der Waals surface area (Å²) in [6.07, 6.45) is 0. The molecule has 3 rings (SSSR count). The molecule has 0 aliphatic rings. The molecule has 3 aromatic rings. The van der Waals surface area contributed by atoms with Crippen LogP contribution in [0.25, 0.3) is 0 Å². The zero-order valence-electron chi connectivity index (χ0n) is 14.9. The molecule has 1 aromatic heterocycles. The van der Waals surface area contributed by atoms with Gasteiger partial charge >= 0.3 is 0 Å². The molecular weight excluding hydrogens is 366 g/mol. The van der Waals surface area contributed by atoms with Crippen molar-refractivity contribution in [2.75, 3.05) is 5.32 Å². The van der Waals surface area contributed by atoms with Gasteiger partial charge in [-0.25, -0.2) is 0 Å². The van der Waals surface area contributed by atoms with E-state index >= 15 is 0 Å². The predicted octanol–water partition coefficient (Wildman–Crippen LogP) is 6.16. The van der Waals surface area contributed by atoms with E-state index in [-0.39, 0.29) is 5.91 Å². The van der Waals surface area contributed by atoms with Crippen LogP contribution in [-0.2, 0) is 6.61 Å². The van der Waals surface area contributed by atoms with Gasteiger partial charge in [0.05, 0.1) is 4.88 Å². The van der Waals surface area contributed by atoms with Crippen LogP contribution in [0, 0.1) is 20.8 Å². The van der Waals surface area contributed by atoms with Gasteiger partial charge in [-0.05, 0) is 67.1 Å². The first kappa shape index (κ1) is 18.5. The van der Waals surface area contributed by atoms with Crippen LogP contribution in [0.15, 0.2) is 47.8 Å². The van der Waals surface area contributed by atoms with Crippen molar-refractivity contribution in [2.45, 2.75) is 27.4 Å². The topological polar surface area (TPSA) is 38.3 Å². The summed E-state index contributed by atoms with van der Waals surface area (Å²) >= 11 is 7.41. The number of aryl methyl sites for hydroxylation is 3. The van der Waals surface area contributed by atoms with Crippen LogP contribution < -0.4 is 10.1 Å². The molecule has 0 saturated carbocycles. The van der Waals surface area contributed by atoms with Crippen molar-refractivity contribution in [1.82, 2.24) is 0 Å². The zero-order valence-corrected chi connectivity index (χ0v) is 16.5. The molecule has 134 valence electrons. The fourth-order valence-electron chi connectivity index (χ4n) is 2.51. The van der Waals surface area contributed by atoms with Crippen LogP contribution in [0.4, 0.5) is 5.69 Å². The number of amides is 1. The van der Waals surface area contributed by atoms with Crippen LogP contribution in [0.5, 0.6) is 5.75 Å². The van der Waals surface area contributed by atoms with Crippen molar-refractivity contribution in [3.63, 3.8) is 0 Å². The lowest BCUT2D eigenvalue weighted by molar-refractivity contribution is 0.103. The second-order valence-electron chi connectivity index (χ2n) is 6.29. The zero-order chi connectivity index (χ0) is 18.7. The Kier molecular flexibility index (Phi) is 5.64. The minimum atomic E-state index is -0.140. The van der Waals surface area contributed by atoms with Crippen LogP contribution >= 0.6 is 22.9 Å². The first-order valence-corrected chi connectivity index (χ1v) is 9.53. The van der Waals surface area contributed by atoms with Gasteiger partial charge in [0.15, 0.2) is 0 Å². The van der Waals surface area contributed by atoms with E-state index in [1.54, 1.807) is 12.1 Å². The highest BCUT2D eigenvalue weighted by molar-refractivity contribution is 7.12. The van der Waals surface area contributed by atoms with E-state index in [2.05, 4.69) is 11.4 Å². The highest BCUT2D eigenvalue weighted by Crippen LogP contribution is 2.24. The third-order valence-electron chi connectivity index (χ3n) is 4.06. The van der Waals surface area contributed by atoms with Crippen molar-refractivity contribution in [1.29, 1.82) is 0 Å². The van der Waals surface area contributed by atoms with Crippen LogP contribution in [0.2, 0.25) is 5.02 Å². The van der Waals surface area contributed by atoms with Gasteiger partial charge in [0.1, 0.15) is 12.4 Å². The van der Waals surface area contributed by atoms with Gasteiger partial charge in [-0.2, -0.15) is 0 Å². The quantitative estimate of drug-likeness (QED) is 0.571. The number of ether oxygens (including phenoxy) is 1. The van der Waals surface area contributed by atoms with Gasteiger partial charge in [-0.15, -0.1) is 11.3 Å². The van der Waals surface area contributed by atoms with E-state index in [1.165, 1.54) is 11.3 Å². The van der Waals surface area contributed by atoms with E-state index in [1.807, 2.05) is 50.4 Å². The predicted molar refractivity (Wildman–Crippen MR) is 109 cm³/mol. The van der Waals surface area contributed by atoms with Crippen LogP contribution in [0.3, 0.4) is 0 Å². The van der Waals surface area contributed by atoms with Gasteiger partial charge in [0.2, 0.25) is 0 Å². The second-order valence-corrected chi connectivity index (χ2v) is 7.64. The third-order valence-corrected chi connectivity index (χ3v) is 5.28. The van der Waals surface area contributed by atoms with Gasteiger partial charge in [0, 0.05) is 16.3 Å². The normalized spacial score (nSPS) is 10.6. The lowest BCUT2D eigenvalue weighted by Gasteiger charge is -2.09. The summed E-state index contributed by atoms with van der Waals surface area (Å²) in [6, 6.07) is 13.4. The van der Waals surface area contributed by atoms with E-state index < -0.39 is 0 Å². The molecule has 0 bridgehead atoms. The van der Waals surface area contributed by atoms with Gasteiger partial charge < -0.3 is 10.1 Å². The van der Waals surface area contributed by atoms with Crippen LogP contribution in [-0.4, -0.2) is 5.91 Å². The maximum atomic E-state index is 12.5. The molecule has 26 heavy (non-hydrogen) atoms. The number of rotatable bonds is 5. The highest BCUT2D eigenvalue weighted by atomic mass is 35.5. The molecule has 2 aromatic carbocycles. The number of benzene rings is 2. The monoisotopic (exact) mass is 385 g/mol. The molecule has 3 nitrogen and oxygen atoms in total. The summed E-state index contributed by atoms with van der Waals surface area (Å²) in [6.45, 7) is 6.43. The first-order chi connectivity index (χ1) is 12.4. The number of anilines is 1. The Hall–Kier alpha value is -2.30. The minimum Gasteiger partial charge on any atom is -0.489 e. The van der Waals surface area contributed by atoms with Crippen molar-refractivity contribution >= 4 is 34.5 Å². The number of hydrogen-bond donors (Lipinski definition) is 1. The Morgan fingerprint density at radius 3 is 2.65 bits per heavy atom. The average molecular weight is 386 g/mol. The maximum absolute atomic E-state index is 12.5. The van der Waals surface area contributed by atoms with E-state index in [9.17, 15) is 4.79 Å². The first-order valence-electron chi connectivity index (χ1n) is 8.27. The second kappa shape index (κ2) is 7.94. The lowest BCUT2D eigenvalue weighted by atomic mass is 10.1. The summed E-state index contributed by atoms with van der Waals surface area (Å²) in [4.78, 5) is 13.1. The number of hydrogen-bond acceptors (Lipinski definition) is 3. The molecule has 0 saturated heterocycles. The number of nitrogens with one attached hydrogen (secondary N) is 1. The summed E-state index contributed by atoms with van der Waals surface area (Å²) in [7, 11) is 0. The van der Waals surface area contributed by atoms with E-state index in [0.717, 1.165) is 33.7 Å². The molecule has 0 atom stereocenters. The molecule has 0 spiro atoms. The maximum Gasteiger partial charge on any atom is 0.265 e. The van der Waals surface area contributed by atoms with Gasteiger partial charge in [0.25, 0.3) is 5.91 Å². The Bertz CT molecular complexity index is 949. The van der Waals surface area contributed by atoms with Gasteiger partial charge in [-0.1, -0.05) is 29.8 Å². The van der Waals surface area contributed by atoms with Crippen molar-refractivity contribution < 1.29 is 9.53 Å². The number of thiophene rings is 1. The van der Waals surface area contributed by atoms with E-state index in [4.69, 9.17) is 16.3 Å². The molecule has 1 heterocycles. The van der Waals surface area contributed by atoms with Crippen LogP contribution in [0.1, 0.15) is 31.9 Å². The van der Waals surface area contributed by atoms with E-state index in [0.29, 0.717) is 16.5 Å². The molecule has 0 fully saturated rings. The molecule has 0 unspecified atom stereocenters. The molecule has 0 aliphatic carbocycles. The van der Waals surface area contributed by atoms with Crippen molar-refractivity contribution in [3.05, 3.63) is 80.0 Å². The third kappa shape index (κ3) is 4.45. The average Bonchev–Trinajstić information content (AvgIpc) is 3.08. The van der Waals surface area contributed by atoms with Crippen molar-refractivity contribution in [3.8, 4) is 5.75 Å². The highest BCUT2D eigenvalue weighted by Gasteiger charge is 2.12. The number of carbonyl (C=O) groups is 1. The molecular formula is C21H20ClNO2S. The largest absolute Gasteiger partial charge is 0.489 e. The summed E-state index contributed by atoms with van der Waals surface area (Å²) in [5, 5.41) is 5.46. The Labute approximate surface area is 162 Å². The molecule has 1 N–H and O–H groups in total. The smallest absolute Gasteiger partial charge is 0.265 e. The molecule has 1 amide bonds. The minimum absolute atomic E-state index is 0.140. The standard InChI is InChI=1S/C21H20ClNO2S/c1-13-4-5-15(3)19(8-13)25-11-16-9-20(26-12-16)21(24)23-18-10-17(22)7-6-14(18)2/h4-10,12H,11H2,1-3H3,(H,23,24). The van der Waals surface area contributed by atoms with Crippen molar-refractivity contribution in [2.24, 2.45) is 0 Å². The van der Waals surface area contributed by atoms with Gasteiger partial charge in [-0.3, -0.25) is 4.79 Å². The number of carbonyl (C=O) groups excluding carboxylic acids is 1. The fourth-order valence-corrected chi connectivity index (χ4v) is 3.47. The SMILES string of the molecule is Cc1ccc(C)c(OCc2csc(C(=O)Nc3cc(Cl)ccc3C)c2)c1. The Balaban J connectivity index is 1.66. The lowest BCUT2D eigenvalue weighted by Crippen LogP contribution is -2.11. The summed E-state index contributed by atoms with van der Waals surface area (Å²) < 4.78 is 5.91. The molecule has 0 aliphatic heterocycles.